The van der Waals surface area contributed by atoms with E-state index >= 15 is 0 Å². The predicted molar refractivity (Wildman–Crippen MR) is 75.1 cm³/mol. The first kappa shape index (κ1) is 14.9. The third kappa shape index (κ3) is 6.58. The smallest absolute Gasteiger partial charge is 0.306 e. The number of hydrogen-bond acceptors (Lipinski definition) is 4. The summed E-state index contributed by atoms with van der Waals surface area (Å²) in [5.74, 6) is -0.568. The van der Waals surface area contributed by atoms with E-state index in [2.05, 4.69) is 0 Å². The van der Waals surface area contributed by atoms with Crippen molar-refractivity contribution >= 4 is 34.5 Å². The third-order valence-electron chi connectivity index (χ3n) is 2.22. The van der Waals surface area contributed by atoms with Gasteiger partial charge in [-0.2, -0.15) is 0 Å². The van der Waals surface area contributed by atoms with Crippen LogP contribution in [-0.2, 0) is 25.7 Å². The van der Waals surface area contributed by atoms with Crippen molar-refractivity contribution in [2.75, 3.05) is 4.61 Å². The summed E-state index contributed by atoms with van der Waals surface area (Å²) in [7, 11) is 0. The number of carbonyl (C=O) groups excluding carboxylic acids is 2. The van der Waals surface area contributed by atoms with E-state index in [0.717, 1.165) is 5.56 Å². The van der Waals surface area contributed by atoms with E-state index in [1.165, 1.54) is 0 Å². The first-order chi connectivity index (χ1) is 8.72. The molecule has 0 heterocycles. The van der Waals surface area contributed by atoms with E-state index in [9.17, 15) is 9.59 Å². The standard InChI is InChI=1S/C13H15IO4/c14-10-18-13(16)8-4-7-12(15)17-9-11-5-2-1-3-6-11/h1-3,5-6H,4,7-10H2. The highest BCUT2D eigenvalue weighted by molar-refractivity contribution is 14.1. The SMILES string of the molecule is O=C(CCCC(=O)OCc1ccccc1)OCI. The Labute approximate surface area is 120 Å². The fourth-order valence-electron chi connectivity index (χ4n) is 1.32. The lowest BCUT2D eigenvalue weighted by Gasteiger charge is -2.04. The zero-order chi connectivity index (χ0) is 13.2. The highest BCUT2D eigenvalue weighted by atomic mass is 127. The Balaban J connectivity index is 2.13. The van der Waals surface area contributed by atoms with Gasteiger partial charge in [-0.3, -0.25) is 9.59 Å². The Morgan fingerprint density at radius 3 is 2.22 bits per heavy atom. The van der Waals surface area contributed by atoms with Gasteiger partial charge in [-0.25, -0.2) is 0 Å². The largest absolute Gasteiger partial charge is 0.461 e. The number of benzene rings is 1. The summed E-state index contributed by atoms with van der Waals surface area (Å²) in [6.45, 7) is 0.276. The normalized spacial score (nSPS) is 9.83. The lowest BCUT2D eigenvalue weighted by molar-refractivity contribution is -0.145. The first-order valence-electron chi connectivity index (χ1n) is 5.63. The minimum atomic E-state index is -0.291. The summed E-state index contributed by atoms with van der Waals surface area (Å²) < 4.78 is 10.2. The van der Waals surface area contributed by atoms with Crippen molar-refractivity contribution in [1.82, 2.24) is 0 Å². The molecule has 1 aromatic rings. The van der Waals surface area contributed by atoms with Crippen LogP contribution in [0.3, 0.4) is 0 Å². The van der Waals surface area contributed by atoms with Crippen LogP contribution in [0.1, 0.15) is 24.8 Å². The molecule has 0 aliphatic rings. The molecule has 0 aliphatic heterocycles. The Hall–Kier alpha value is -1.11. The molecule has 1 rings (SSSR count). The lowest BCUT2D eigenvalue weighted by atomic mass is 10.2. The maximum absolute atomic E-state index is 11.4. The average Bonchev–Trinajstić information content (AvgIpc) is 2.38. The number of alkyl halides is 1. The second-order valence-electron chi connectivity index (χ2n) is 3.63. The van der Waals surface area contributed by atoms with Gasteiger partial charge in [-0.1, -0.05) is 30.3 Å². The molecule has 0 radical (unpaired) electrons. The van der Waals surface area contributed by atoms with Gasteiger partial charge < -0.3 is 9.47 Å². The van der Waals surface area contributed by atoms with E-state index in [4.69, 9.17) is 9.47 Å². The minimum Gasteiger partial charge on any atom is -0.461 e. The van der Waals surface area contributed by atoms with Gasteiger partial charge in [0, 0.05) is 12.8 Å². The maximum atomic E-state index is 11.4. The number of hydrogen-bond donors (Lipinski definition) is 0. The van der Waals surface area contributed by atoms with Gasteiger partial charge >= 0.3 is 11.9 Å². The van der Waals surface area contributed by atoms with Crippen LogP contribution in [0.2, 0.25) is 0 Å². The van der Waals surface area contributed by atoms with E-state index in [1.54, 1.807) is 0 Å². The molecule has 0 bridgehead atoms. The zero-order valence-corrected chi connectivity index (χ0v) is 12.1. The lowest BCUT2D eigenvalue weighted by Crippen LogP contribution is -2.07. The van der Waals surface area contributed by atoms with Gasteiger partial charge in [0.1, 0.15) is 11.2 Å². The second kappa shape index (κ2) is 8.91. The molecule has 1 aromatic carbocycles. The van der Waals surface area contributed by atoms with Crippen molar-refractivity contribution < 1.29 is 19.1 Å². The van der Waals surface area contributed by atoms with Crippen molar-refractivity contribution in [1.29, 1.82) is 0 Å². The Kier molecular flexibility index (Phi) is 7.40. The molecule has 98 valence electrons. The molecule has 4 nitrogen and oxygen atoms in total. The van der Waals surface area contributed by atoms with Gasteiger partial charge in [-0.05, 0) is 34.6 Å². The Bertz CT molecular complexity index is 378. The molecule has 0 aromatic heterocycles. The van der Waals surface area contributed by atoms with Gasteiger partial charge in [0.15, 0.2) is 0 Å². The van der Waals surface area contributed by atoms with Crippen LogP contribution >= 0.6 is 22.6 Å². The van der Waals surface area contributed by atoms with Crippen LogP contribution in [0.5, 0.6) is 0 Å². The third-order valence-corrected chi connectivity index (χ3v) is 2.53. The fourth-order valence-corrected chi connectivity index (χ4v) is 1.67. The number of halogens is 1. The Morgan fingerprint density at radius 2 is 1.61 bits per heavy atom. The molecule has 5 heteroatoms. The second-order valence-corrected chi connectivity index (χ2v) is 4.25. The summed E-state index contributed by atoms with van der Waals surface area (Å²) in [6, 6.07) is 9.48. The predicted octanol–water partition coefficient (Wildman–Crippen LogP) is 2.84. The van der Waals surface area contributed by atoms with Crippen LogP contribution in [0.25, 0.3) is 0 Å². The van der Waals surface area contributed by atoms with Crippen molar-refractivity contribution in [2.24, 2.45) is 0 Å². The maximum Gasteiger partial charge on any atom is 0.306 e. The molecule has 0 saturated carbocycles. The van der Waals surface area contributed by atoms with Crippen LogP contribution < -0.4 is 0 Å². The molecular weight excluding hydrogens is 347 g/mol. The van der Waals surface area contributed by atoms with Crippen LogP contribution in [0, 0.1) is 0 Å². The van der Waals surface area contributed by atoms with Crippen LogP contribution in [0.4, 0.5) is 0 Å². The quantitative estimate of drug-likeness (QED) is 0.425. The number of rotatable bonds is 7. The van der Waals surface area contributed by atoms with Crippen molar-refractivity contribution in [3.05, 3.63) is 35.9 Å². The summed E-state index contributed by atoms with van der Waals surface area (Å²) in [4.78, 5) is 22.4. The van der Waals surface area contributed by atoms with Gasteiger partial charge in [0.2, 0.25) is 0 Å². The molecule has 0 unspecified atom stereocenters. The molecular formula is C13H15IO4. The number of esters is 2. The molecule has 0 spiro atoms. The molecule has 0 saturated heterocycles. The van der Waals surface area contributed by atoms with Gasteiger partial charge in [-0.15, -0.1) is 0 Å². The summed E-state index contributed by atoms with van der Waals surface area (Å²) >= 11 is 1.95. The Morgan fingerprint density at radius 1 is 1.00 bits per heavy atom. The minimum absolute atomic E-state index is 0.239. The first-order valence-corrected chi connectivity index (χ1v) is 7.16. The van der Waals surface area contributed by atoms with Crippen LogP contribution in [-0.4, -0.2) is 16.6 Å². The van der Waals surface area contributed by atoms with Crippen molar-refractivity contribution in [3.8, 4) is 0 Å². The fraction of sp³-hybridized carbons (Fsp3) is 0.385. The number of carbonyl (C=O) groups is 2. The molecule has 0 fully saturated rings. The summed E-state index contributed by atoms with van der Waals surface area (Å²) in [5.41, 5.74) is 0.954. The average molecular weight is 362 g/mol. The highest BCUT2D eigenvalue weighted by Crippen LogP contribution is 2.04. The van der Waals surface area contributed by atoms with E-state index in [-0.39, 0.29) is 31.4 Å². The molecule has 0 atom stereocenters. The molecule has 0 amide bonds. The monoisotopic (exact) mass is 362 g/mol. The number of ether oxygens (including phenoxy) is 2. The van der Waals surface area contributed by atoms with Crippen molar-refractivity contribution in [2.45, 2.75) is 25.9 Å². The van der Waals surface area contributed by atoms with E-state index in [0.29, 0.717) is 11.0 Å². The molecule has 0 aliphatic carbocycles. The molecule has 0 N–H and O–H groups in total. The van der Waals surface area contributed by atoms with E-state index in [1.807, 2.05) is 52.9 Å². The van der Waals surface area contributed by atoms with Crippen molar-refractivity contribution in [3.63, 3.8) is 0 Å². The summed E-state index contributed by atoms with van der Waals surface area (Å²) in [5, 5.41) is 0. The topological polar surface area (TPSA) is 52.6 Å². The highest BCUT2D eigenvalue weighted by Gasteiger charge is 2.06. The van der Waals surface area contributed by atoms with Gasteiger partial charge in [0.05, 0.1) is 0 Å². The zero-order valence-electron chi connectivity index (χ0n) is 9.93. The molecule has 18 heavy (non-hydrogen) atoms. The van der Waals surface area contributed by atoms with Gasteiger partial charge in [0.25, 0.3) is 0 Å². The summed E-state index contributed by atoms with van der Waals surface area (Å²) in [6.07, 6.45) is 0.954. The van der Waals surface area contributed by atoms with E-state index < -0.39 is 0 Å². The van der Waals surface area contributed by atoms with Crippen LogP contribution in [0.15, 0.2) is 30.3 Å².